The van der Waals surface area contributed by atoms with Gasteiger partial charge in [-0.15, -0.1) is 0 Å². The van der Waals surface area contributed by atoms with Crippen molar-refractivity contribution in [3.8, 4) is 5.75 Å². The molecule has 0 saturated heterocycles. The molecular formula is C11H17NO2. The first-order valence-corrected chi connectivity index (χ1v) is 4.64. The molecule has 0 spiro atoms. The van der Waals surface area contributed by atoms with Gasteiger partial charge in [-0.3, -0.25) is 0 Å². The lowest BCUT2D eigenvalue weighted by Crippen LogP contribution is -2.23. The van der Waals surface area contributed by atoms with E-state index in [0.717, 1.165) is 16.9 Å². The number of aryl methyl sites for hydroxylation is 1. The minimum Gasteiger partial charge on any atom is -0.496 e. The van der Waals surface area contributed by atoms with Crippen molar-refractivity contribution in [2.24, 2.45) is 5.73 Å². The van der Waals surface area contributed by atoms with Gasteiger partial charge < -0.3 is 15.6 Å². The van der Waals surface area contributed by atoms with Crippen molar-refractivity contribution in [3.63, 3.8) is 0 Å². The first kappa shape index (κ1) is 11.0. The number of ether oxygens (including phenoxy) is 1. The van der Waals surface area contributed by atoms with E-state index in [0.29, 0.717) is 0 Å². The number of aliphatic hydroxyl groups is 1. The van der Waals surface area contributed by atoms with Crippen LogP contribution in [0.15, 0.2) is 18.2 Å². The Morgan fingerprint density at radius 1 is 1.43 bits per heavy atom. The van der Waals surface area contributed by atoms with Crippen molar-refractivity contribution < 1.29 is 9.84 Å². The predicted molar refractivity (Wildman–Crippen MR) is 56.3 cm³/mol. The Balaban J connectivity index is 3.00. The van der Waals surface area contributed by atoms with E-state index in [4.69, 9.17) is 10.5 Å². The van der Waals surface area contributed by atoms with Crippen LogP contribution in [-0.4, -0.2) is 18.3 Å². The van der Waals surface area contributed by atoms with Crippen molar-refractivity contribution in [2.75, 3.05) is 7.11 Å². The molecule has 1 aromatic rings. The van der Waals surface area contributed by atoms with Gasteiger partial charge in [-0.2, -0.15) is 0 Å². The van der Waals surface area contributed by atoms with Crippen molar-refractivity contribution >= 4 is 0 Å². The number of rotatable bonds is 3. The van der Waals surface area contributed by atoms with Gasteiger partial charge in [0.15, 0.2) is 0 Å². The van der Waals surface area contributed by atoms with Crippen LogP contribution in [0.25, 0.3) is 0 Å². The van der Waals surface area contributed by atoms with Crippen molar-refractivity contribution in [1.82, 2.24) is 0 Å². The molecule has 78 valence electrons. The highest BCUT2D eigenvalue weighted by atomic mass is 16.5. The van der Waals surface area contributed by atoms with Gasteiger partial charge in [0.2, 0.25) is 0 Å². The molecule has 0 aromatic heterocycles. The number of benzene rings is 1. The van der Waals surface area contributed by atoms with Crippen molar-refractivity contribution in [3.05, 3.63) is 29.3 Å². The summed E-state index contributed by atoms with van der Waals surface area (Å²) in [7, 11) is 1.63. The van der Waals surface area contributed by atoms with Crippen LogP contribution >= 0.6 is 0 Å². The number of hydrogen-bond donors (Lipinski definition) is 2. The largest absolute Gasteiger partial charge is 0.496 e. The first-order valence-electron chi connectivity index (χ1n) is 4.64. The Labute approximate surface area is 84.5 Å². The molecular weight excluding hydrogens is 178 g/mol. The Morgan fingerprint density at radius 3 is 2.57 bits per heavy atom. The average molecular weight is 195 g/mol. The van der Waals surface area contributed by atoms with E-state index in [-0.39, 0.29) is 6.04 Å². The number of methoxy groups -OCH3 is 1. The third-order valence-electron chi connectivity index (χ3n) is 2.34. The molecule has 0 aliphatic heterocycles. The van der Waals surface area contributed by atoms with Gasteiger partial charge in [0.05, 0.1) is 19.3 Å². The van der Waals surface area contributed by atoms with Crippen LogP contribution in [0.2, 0.25) is 0 Å². The normalized spacial score (nSPS) is 14.9. The summed E-state index contributed by atoms with van der Waals surface area (Å²) in [6.07, 6.45) is -0.553. The summed E-state index contributed by atoms with van der Waals surface area (Å²) >= 11 is 0. The molecule has 1 aromatic carbocycles. The van der Waals surface area contributed by atoms with Crippen molar-refractivity contribution in [1.29, 1.82) is 0 Å². The van der Waals surface area contributed by atoms with E-state index in [9.17, 15) is 5.11 Å². The molecule has 14 heavy (non-hydrogen) atoms. The highest BCUT2D eigenvalue weighted by Crippen LogP contribution is 2.23. The van der Waals surface area contributed by atoms with Gasteiger partial charge in [0.25, 0.3) is 0 Å². The molecule has 3 heteroatoms. The van der Waals surface area contributed by atoms with Crippen LogP contribution in [0.1, 0.15) is 24.1 Å². The van der Waals surface area contributed by atoms with E-state index in [1.165, 1.54) is 0 Å². The Hall–Kier alpha value is -1.06. The van der Waals surface area contributed by atoms with Crippen LogP contribution in [0.3, 0.4) is 0 Å². The van der Waals surface area contributed by atoms with E-state index in [2.05, 4.69) is 0 Å². The van der Waals surface area contributed by atoms with Crippen LogP contribution in [0.5, 0.6) is 5.75 Å². The molecule has 0 unspecified atom stereocenters. The second-order valence-corrected chi connectivity index (χ2v) is 3.50. The maximum absolute atomic E-state index is 9.34. The lowest BCUT2D eigenvalue weighted by molar-refractivity contribution is 0.164. The maximum atomic E-state index is 9.34. The zero-order valence-electron chi connectivity index (χ0n) is 8.82. The van der Waals surface area contributed by atoms with Gasteiger partial charge in [-0.25, -0.2) is 0 Å². The topological polar surface area (TPSA) is 55.5 Å². The summed E-state index contributed by atoms with van der Waals surface area (Å²) in [6.45, 7) is 3.65. The molecule has 0 aliphatic rings. The quantitative estimate of drug-likeness (QED) is 0.766. The lowest BCUT2D eigenvalue weighted by atomic mass is 10.0. The smallest absolute Gasteiger partial charge is 0.122 e. The van der Waals surface area contributed by atoms with Gasteiger partial charge in [0.1, 0.15) is 5.75 Å². The Morgan fingerprint density at radius 2 is 2.07 bits per heavy atom. The zero-order valence-corrected chi connectivity index (χ0v) is 8.82. The fraction of sp³-hybridized carbons (Fsp3) is 0.455. The third-order valence-corrected chi connectivity index (χ3v) is 2.34. The standard InChI is InChI=1S/C11H17NO2/c1-7-4-5-9(6-10(7)14-3)11(12)8(2)13/h4-6,8,11,13H,12H2,1-3H3/t8-,11-/m1/s1. The molecule has 0 aliphatic carbocycles. The van der Waals surface area contributed by atoms with E-state index >= 15 is 0 Å². The molecule has 0 saturated carbocycles. The molecule has 0 bridgehead atoms. The monoisotopic (exact) mass is 195 g/mol. The maximum Gasteiger partial charge on any atom is 0.122 e. The molecule has 3 nitrogen and oxygen atoms in total. The lowest BCUT2D eigenvalue weighted by Gasteiger charge is -2.16. The van der Waals surface area contributed by atoms with E-state index < -0.39 is 6.10 Å². The zero-order chi connectivity index (χ0) is 10.7. The summed E-state index contributed by atoms with van der Waals surface area (Å²) in [5.74, 6) is 0.804. The van der Waals surface area contributed by atoms with E-state index in [1.807, 2.05) is 25.1 Å². The second kappa shape index (κ2) is 4.44. The number of aliphatic hydroxyl groups excluding tert-OH is 1. The average Bonchev–Trinajstić information content (AvgIpc) is 2.17. The summed E-state index contributed by atoms with van der Waals surface area (Å²) in [5, 5.41) is 9.34. The summed E-state index contributed by atoms with van der Waals surface area (Å²) in [6, 6.07) is 5.36. The molecule has 2 atom stereocenters. The summed E-state index contributed by atoms with van der Waals surface area (Å²) in [4.78, 5) is 0. The van der Waals surface area contributed by atoms with Crippen molar-refractivity contribution in [2.45, 2.75) is 26.0 Å². The third kappa shape index (κ3) is 2.25. The minimum atomic E-state index is -0.553. The molecule has 3 N–H and O–H groups in total. The predicted octanol–water partition coefficient (Wildman–Crippen LogP) is 1.38. The summed E-state index contributed by atoms with van der Waals surface area (Å²) < 4.78 is 5.18. The number of hydrogen-bond acceptors (Lipinski definition) is 3. The van der Waals surface area contributed by atoms with Gasteiger partial charge in [0, 0.05) is 0 Å². The number of nitrogens with two attached hydrogens (primary N) is 1. The summed E-state index contributed by atoms with van der Waals surface area (Å²) in [5.41, 5.74) is 7.76. The molecule has 0 radical (unpaired) electrons. The van der Waals surface area contributed by atoms with Crippen LogP contribution in [0, 0.1) is 6.92 Å². The Kier molecular flexibility index (Phi) is 3.49. The van der Waals surface area contributed by atoms with Gasteiger partial charge >= 0.3 is 0 Å². The van der Waals surface area contributed by atoms with E-state index in [1.54, 1.807) is 14.0 Å². The molecule has 0 amide bonds. The van der Waals surface area contributed by atoms with Crippen LogP contribution < -0.4 is 10.5 Å². The van der Waals surface area contributed by atoms with Crippen LogP contribution in [-0.2, 0) is 0 Å². The van der Waals surface area contributed by atoms with Gasteiger partial charge in [-0.1, -0.05) is 12.1 Å². The highest BCUT2D eigenvalue weighted by Gasteiger charge is 2.13. The molecule has 0 heterocycles. The molecule has 1 rings (SSSR count). The minimum absolute atomic E-state index is 0.357. The fourth-order valence-electron chi connectivity index (χ4n) is 1.32. The second-order valence-electron chi connectivity index (χ2n) is 3.50. The fourth-order valence-corrected chi connectivity index (χ4v) is 1.32. The SMILES string of the molecule is COc1cc([C@H](N)[C@@H](C)O)ccc1C. The van der Waals surface area contributed by atoms with Crippen LogP contribution in [0.4, 0.5) is 0 Å². The Bertz CT molecular complexity index is 310. The highest BCUT2D eigenvalue weighted by molar-refractivity contribution is 5.37. The van der Waals surface area contributed by atoms with Gasteiger partial charge in [-0.05, 0) is 31.0 Å². The molecule has 0 fully saturated rings. The first-order chi connectivity index (χ1) is 6.56.